The van der Waals surface area contributed by atoms with Crippen molar-refractivity contribution in [3.05, 3.63) is 0 Å². The van der Waals surface area contributed by atoms with Crippen LogP contribution in [-0.2, 0) is 0 Å². The van der Waals surface area contributed by atoms with Gasteiger partial charge >= 0.3 is 0 Å². The van der Waals surface area contributed by atoms with Crippen molar-refractivity contribution in [1.82, 2.24) is 4.90 Å². The molecule has 1 unspecified atom stereocenters. The van der Waals surface area contributed by atoms with Crippen LogP contribution < -0.4 is 0 Å². The highest BCUT2D eigenvalue weighted by Crippen LogP contribution is 2.32. The number of hydrogen-bond acceptors (Lipinski definition) is 1. The van der Waals surface area contributed by atoms with E-state index in [2.05, 4.69) is 32.6 Å². The van der Waals surface area contributed by atoms with E-state index >= 15 is 0 Å². The average molecular weight is 183 g/mol. The van der Waals surface area contributed by atoms with E-state index in [1.807, 2.05) is 0 Å². The molecule has 0 N–H and O–H groups in total. The molecule has 1 aliphatic rings. The quantitative estimate of drug-likeness (QED) is 0.649. The van der Waals surface area contributed by atoms with Gasteiger partial charge in [-0.25, -0.2) is 0 Å². The molecule has 0 aromatic rings. The molecule has 1 heterocycles. The van der Waals surface area contributed by atoms with E-state index < -0.39 is 0 Å². The Labute approximate surface area is 83.5 Å². The van der Waals surface area contributed by atoms with E-state index in [1.165, 1.54) is 38.9 Å². The number of likely N-dealkylation sites (tertiary alicyclic amines) is 1. The Balaban J connectivity index is 2.42. The van der Waals surface area contributed by atoms with Gasteiger partial charge in [-0.1, -0.05) is 27.7 Å². The Morgan fingerprint density at radius 1 is 1.38 bits per heavy atom. The molecule has 13 heavy (non-hydrogen) atoms. The van der Waals surface area contributed by atoms with Crippen molar-refractivity contribution < 1.29 is 0 Å². The maximum atomic E-state index is 2.65. The highest BCUT2D eigenvalue weighted by atomic mass is 15.1. The fraction of sp³-hybridized carbons (Fsp3) is 1.00. The maximum absolute atomic E-state index is 2.65. The summed E-state index contributed by atoms with van der Waals surface area (Å²) in [6.07, 6.45) is 4.16. The highest BCUT2D eigenvalue weighted by Gasteiger charge is 2.28. The summed E-state index contributed by atoms with van der Waals surface area (Å²) in [4.78, 5) is 2.65. The van der Waals surface area contributed by atoms with Crippen LogP contribution in [-0.4, -0.2) is 24.5 Å². The maximum Gasteiger partial charge on any atom is 0.00353 e. The fourth-order valence-electron chi connectivity index (χ4n) is 2.39. The van der Waals surface area contributed by atoms with Gasteiger partial charge in [0.15, 0.2) is 0 Å². The zero-order valence-electron chi connectivity index (χ0n) is 9.77. The lowest BCUT2D eigenvalue weighted by atomic mass is 9.79. The van der Waals surface area contributed by atoms with Crippen molar-refractivity contribution in [2.45, 2.75) is 47.0 Å². The number of nitrogens with zero attached hydrogens (tertiary/aromatic N) is 1. The molecule has 0 amide bonds. The molecular weight excluding hydrogens is 158 g/mol. The summed E-state index contributed by atoms with van der Waals surface area (Å²) in [5.41, 5.74) is 0.604. The standard InChI is InChI=1S/C12H25N/c1-5-12(4)7-6-8-13(10-12)9-11(2)3/h11H,5-10H2,1-4H3. The van der Waals surface area contributed by atoms with Crippen LogP contribution in [0.3, 0.4) is 0 Å². The first-order valence-corrected chi connectivity index (χ1v) is 5.78. The van der Waals surface area contributed by atoms with Gasteiger partial charge < -0.3 is 4.90 Å². The number of hydrogen-bond donors (Lipinski definition) is 0. The summed E-state index contributed by atoms with van der Waals surface area (Å²) in [6.45, 7) is 13.3. The Morgan fingerprint density at radius 3 is 2.62 bits per heavy atom. The second-order valence-electron chi connectivity index (χ2n) is 5.40. The lowest BCUT2D eigenvalue weighted by Crippen LogP contribution is -2.42. The highest BCUT2D eigenvalue weighted by molar-refractivity contribution is 4.82. The predicted molar refractivity (Wildman–Crippen MR) is 58.9 cm³/mol. The molecule has 1 saturated heterocycles. The molecule has 1 heteroatoms. The van der Waals surface area contributed by atoms with Gasteiger partial charge in [-0.15, -0.1) is 0 Å². The Morgan fingerprint density at radius 2 is 2.08 bits per heavy atom. The number of rotatable bonds is 3. The van der Waals surface area contributed by atoms with Crippen LogP contribution >= 0.6 is 0 Å². The molecule has 1 aliphatic heterocycles. The molecule has 1 nitrogen and oxygen atoms in total. The van der Waals surface area contributed by atoms with Crippen molar-refractivity contribution in [2.75, 3.05) is 19.6 Å². The van der Waals surface area contributed by atoms with Crippen LogP contribution in [0.5, 0.6) is 0 Å². The van der Waals surface area contributed by atoms with Gasteiger partial charge in [0.2, 0.25) is 0 Å². The van der Waals surface area contributed by atoms with Gasteiger partial charge in [0.05, 0.1) is 0 Å². The SMILES string of the molecule is CCC1(C)CCCN(CC(C)C)C1. The summed E-state index contributed by atoms with van der Waals surface area (Å²) in [5, 5.41) is 0. The first kappa shape index (κ1) is 11.0. The van der Waals surface area contributed by atoms with Crippen LogP contribution in [0.2, 0.25) is 0 Å². The Hall–Kier alpha value is -0.0400. The van der Waals surface area contributed by atoms with Gasteiger partial charge in [0.25, 0.3) is 0 Å². The topological polar surface area (TPSA) is 3.24 Å². The van der Waals surface area contributed by atoms with Crippen LogP contribution in [0.1, 0.15) is 47.0 Å². The molecular formula is C12H25N. The minimum absolute atomic E-state index is 0.604. The molecule has 0 saturated carbocycles. The third kappa shape index (κ3) is 3.30. The number of piperidine rings is 1. The van der Waals surface area contributed by atoms with E-state index in [9.17, 15) is 0 Å². The Kier molecular flexibility index (Phi) is 3.78. The first-order valence-electron chi connectivity index (χ1n) is 5.78. The van der Waals surface area contributed by atoms with Crippen LogP contribution in [0, 0.1) is 11.3 Å². The molecule has 1 fully saturated rings. The van der Waals surface area contributed by atoms with Crippen molar-refractivity contribution in [3.8, 4) is 0 Å². The molecule has 0 aromatic heterocycles. The molecule has 1 rings (SSSR count). The molecule has 0 aromatic carbocycles. The van der Waals surface area contributed by atoms with Crippen LogP contribution in [0.15, 0.2) is 0 Å². The van der Waals surface area contributed by atoms with E-state index in [0.29, 0.717) is 5.41 Å². The largest absolute Gasteiger partial charge is 0.303 e. The van der Waals surface area contributed by atoms with Gasteiger partial charge in [-0.2, -0.15) is 0 Å². The minimum Gasteiger partial charge on any atom is -0.303 e. The molecule has 0 radical (unpaired) electrons. The molecule has 0 spiro atoms. The van der Waals surface area contributed by atoms with E-state index in [-0.39, 0.29) is 0 Å². The third-order valence-electron chi connectivity index (χ3n) is 3.34. The summed E-state index contributed by atoms with van der Waals surface area (Å²) in [5.74, 6) is 0.819. The average Bonchev–Trinajstić information content (AvgIpc) is 2.03. The van der Waals surface area contributed by atoms with Gasteiger partial charge in [-0.05, 0) is 37.1 Å². The second-order valence-corrected chi connectivity index (χ2v) is 5.40. The predicted octanol–water partition coefficient (Wildman–Crippen LogP) is 3.15. The zero-order chi connectivity index (χ0) is 9.90. The van der Waals surface area contributed by atoms with Crippen molar-refractivity contribution in [2.24, 2.45) is 11.3 Å². The third-order valence-corrected chi connectivity index (χ3v) is 3.34. The van der Waals surface area contributed by atoms with Gasteiger partial charge in [0, 0.05) is 13.1 Å². The van der Waals surface area contributed by atoms with Crippen molar-refractivity contribution >= 4 is 0 Å². The molecule has 78 valence electrons. The summed E-state index contributed by atoms with van der Waals surface area (Å²) >= 11 is 0. The summed E-state index contributed by atoms with van der Waals surface area (Å²) in [7, 11) is 0. The first-order chi connectivity index (χ1) is 6.06. The van der Waals surface area contributed by atoms with Crippen molar-refractivity contribution in [3.63, 3.8) is 0 Å². The monoisotopic (exact) mass is 183 g/mol. The molecule has 1 atom stereocenters. The minimum atomic E-state index is 0.604. The molecule has 0 aliphatic carbocycles. The van der Waals surface area contributed by atoms with E-state index in [1.54, 1.807) is 0 Å². The van der Waals surface area contributed by atoms with E-state index in [0.717, 1.165) is 5.92 Å². The van der Waals surface area contributed by atoms with E-state index in [4.69, 9.17) is 0 Å². The fourth-order valence-corrected chi connectivity index (χ4v) is 2.39. The Bertz CT molecular complexity index is 153. The normalized spacial score (nSPS) is 31.2. The van der Waals surface area contributed by atoms with Crippen LogP contribution in [0.25, 0.3) is 0 Å². The lowest BCUT2D eigenvalue weighted by Gasteiger charge is -2.40. The molecule has 0 bridgehead atoms. The lowest BCUT2D eigenvalue weighted by molar-refractivity contribution is 0.0899. The summed E-state index contributed by atoms with van der Waals surface area (Å²) in [6, 6.07) is 0. The van der Waals surface area contributed by atoms with Gasteiger partial charge in [-0.3, -0.25) is 0 Å². The van der Waals surface area contributed by atoms with Crippen molar-refractivity contribution in [1.29, 1.82) is 0 Å². The summed E-state index contributed by atoms with van der Waals surface area (Å²) < 4.78 is 0. The van der Waals surface area contributed by atoms with Crippen LogP contribution in [0.4, 0.5) is 0 Å². The van der Waals surface area contributed by atoms with Gasteiger partial charge in [0.1, 0.15) is 0 Å². The zero-order valence-corrected chi connectivity index (χ0v) is 9.77. The second kappa shape index (κ2) is 4.45. The smallest absolute Gasteiger partial charge is 0.00353 e.